The van der Waals surface area contributed by atoms with Crippen molar-refractivity contribution in [1.29, 1.82) is 0 Å². The van der Waals surface area contributed by atoms with Gasteiger partial charge in [0.25, 0.3) is 0 Å². The average Bonchev–Trinajstić information content (AvgIpc) is 0.811. The predicted molar refractivity (Wildman–Crippen MR) is 17.1 cm³/mol. The number of rotatable bonds is 0. The van der Waals surface area contributed by atoms with Crippen LogP contribution in [0.5, 0.6) is 0 Å². The Balaban J connectivity index is 0. The van der Waals surface area contributed by atoms with E-state index in [4.69, 9.17) is 4.79 Å². The van der Waals surface area contributed by atoms with Crippen LogP contribution in [0.25, 0.3) is 0 Å². The van der Waals surface area contributed by atoms with Crippen LogP contribution in [0.15, 0.2) is 0 Å². The van der Waals surface area contributed by atoms with Crippen LogP contribution >= 0.6 is 23.2 Å². The van der Waals surface area contributed by atoms with Crippen molar-refractivity contribution in [3.63, 3.8) is 0 Å². The van der Waals surface area contributed by atoms with Gasteiger partial charge in [-0.2, -0.15) is 0 Å². The van der Waals surface area contributed by atoms with Gasteiger partial charge in [0.1, 0.15) is 0 Å². The number of halogens is 2. The van der Waals surface area contributed by atoms with Crippen LogP contribution in [0.3, 0.4) is 0 Å². The summed E-state index contributed by atoms with van der Waals surface area (Å²) >= 11 is 8.80. The third kappa shape index (κ3) is 45.5. The van der Waals surface area contributed by atoms with Gasteiger partial charge < -0.3 is 0 Å². The van der Waals surface area contributed by atoms with E-state index < -0.39 is 4.70 Å². The van der Waals surface area contributed by atoms with E-state index in [1.807, 2.05) is 0 Å². The van der Waals surface area contributed by atoms with Gasteiger partial charge in [-0.25, -0.2) is 0 Å². The summed E-state index contributed by atoms with van der Waals surface area (Å²) in [6, 6.07) is 0. The van der Waals surface area contributed by atoms with Gasteiger partial charge in [-0.15, -0.1) is 0 Å². The van der Waals surface area contributed by atoms with Crippen molar-refractivity contribution < 1.29 is 27.2 Å². The first-order valence-electron chi connectivity index (χ1n) is 0.582. The summed E-state index contributed by atoms with van der Waals surface area (Å²) in [7, 11) is 0. The molecule has 0 spiro atoms. The molecular weight excluding hydrogens is 296 g/mol. The van der Waals surface area contributed by atoms with Crippen molar-refractivity contribution in [2.45, 2.75) is 0 Å². The molecule has 0 aromatic heterocycles. The van der Waals surface area contributed by atoms with Crippen molar-refractivity contribution in [1.82, 2.24) is 0 Å². The molecule has 1 nitrogen and oxygen atoms in total. The summed E-state index contributed by atoms with van der Waals surface area (Å²) < 4.78 is -0.889. The molecule has 0 aliphatic rings. The quantitative estimate of drug-likeness (QED) is 0.490. The number of carbonyl (C=O) groups excluding carboxylic acids is 1. The second kappa shape index (κ2) is 4.99. The Kier molecular flexibility index (Phi) is 9.35. The molecule has 0 saturated carbocycles. The van der Waals surface area contributed by atoms with E-state index in [-0.39, 0.29) is 22.4 Å². The summed E-state index contributed by atoms with van der Waals surface area (Å²) in [5, 5.41) is 0. The predicted octanol–water partition coefficient (Wildman–Crippen LogP) is 1.58. The van der Waals surface area contributed by atoms with Crippen molar-refractivity contribution in [3.05, 3.63) is 0 Å². The molecule has 34 valence electrons. The van der Waals surface area contributed by atoms with Crippen LogP contribution in [-0.4, -0.2) is 4.70 Å². The first-order valence-corrected chi connectivity index (χ1v) is 1.34. The van der Waals surface area contributed by atoms with Crippen molar-refractivity contribution in [2.75, 3.05) is 0 Å². The molecule has 0 rings (SSSR count). The summed E-state index contributed by atoms with van der Waals surface area (Å²) in [6.45, 7) is 0. The molecule has 0 atom stereocenters. The largest absolute Gasteiger partial charge is 1.00 e. The van der Waals surface area contributed by atoms with Crippen molar-refractivity contribution in [3.8, 4) is 0 Å². The zero-order valence-corrected chi connectivity index (χ0v) is 5.64. The molecule has 0 fully saturated rings. The van der Waals surface area contributed by atoms with Crippen LogP contribution in [0.4, 0.5) is 4.79 Å². The van der Waals surface area contributed by atoms with Gasteiger partial charge >= 0.3 is 27.1 Å². The molecule has 5 heavy (non-hydrogen) atoms. The number of hydrogen-bond acceptors (Lipinski definition) is 1. The fraction of sp³-hybridized carbons (Fsp3) is 0. The van der Waals surface area contributed by atoms with Gasteiger partial charge in [0, 0.05) is 0 Å². The molecule has 0 heterocycles. The van der Waals surface area contributed by atoms with Gasteiger partial charge in [-0.3, -0.25) is 4.79 Å². The van der Waals surface area contributed by atoms with Crippen LogP contribution in [-0.2, 0) is 22.4 Å². The van der Waals surface area contributed by atoms with E-state index in [2.05, 4.69) is 23.2 Å². The molecule has 0 N–H and O–H groups in total. The average molecular weight is 296 g/mol. The third-order valence-corrected chi connectivity index (χ3v) is 0. The van der Waals surface area contributed by atoms with E-state index >= 15 is 0 Å². The molecule has 0 aromatic carbocycles. The van der Waals surface area contributed by atoms with Crippen LogP contribution in [0.2, 0.25) is 0 Å². The number of carbonyl (C=O) groups is 1. The standard InChI is InChI=1S/CCl2O.Au/c2-1(3)4;/q;+1. The SMILES string of the molecule is O=C(Cl)Cl.[Au+]. The molecule has 4 heteroatoms. The summed E-state index contributed by atoms with van der Waals surface area (Å²) in [6.07, 6.45) is 0. The Hall–Kier alpha value is 0.990. The van der Waals surface area contributed by atoms with Crippen molar-refractivity contribution in [2.24, 2.45) is 0 Å². The van der Waals surface area contributed by atoms with E-state index in [0.29, 0.717) is 0 Å². The summed E-state index contributed by atoms with van der Waals surface area (Å²) in [5.74, 6) is 0. The zero-order chi connectivity index (χ0) is 3.58. The minimum absolute atomic E-state index is 0. The summed E-state index contributed by atoms with van der Waals surface area (Å²) in [5.41, 5.74) is 0. The maximum absolute atomic E-state index is 8.98. The molecule has 0 saturated heterocycles. The van der Waals surface area contributed by atoms with Crippen LogP contribution in [0.1, 0.15) is 0 Å². The molecule has 0 amide bonds. The summed E-state index contributed by atoms with van der Waals surface area (Å²) in [4.78, 5) is 8.98. The number of hydrogen-bond donors (Lipinski definition) is 0. The maximum Gasteiger partial charge on any atom is 1.00 e. The Bertz CT molecular complexity index is 32.6. The molecule has 0 aliphatic heterocycles. The van der Waals surface area contributed by atoms with Gasteiger partial charge in [-0.1, -0.05) is 0 Å². The smallest absolute Gasteiger partial charge is 0.262 e. The van der Waals surface area contributed by atoms with E-state index in [1.54, 1.807) is 0 Å². The van der Waals surface area contributed by atoms with Crippen molar-refractivity contribution >= 4 is 27.9 Å². The van der Waals surface area contributed by atoms with Crippen LogP contribution in [0, 0.1) is 0 Å². The Morgan fingerprint density at radius 1 is 1.40 bits per heavy atom. The second-order valence-electron chi connectivity index (χ2n) is 0.226. The fourth-order valence-electron chi connectivity index (χ4n) is 0. The molecule has 0 bridgehead atoms. The maximum atomic E-state index is 8.98. The van der Waals surface area contributed by atoms with E-state index in [9.17, 15) is 0 Å². The Morgan fingerprint density at radius 3 is 1.40 bits per heavy atom. The first-order chi connectivity index (χ1) is 1.73. The molecule has 0 aliphatic carbocycles. The van der Waals surface area contributed by atoms with Gasteiger partial charge in [0.05, 0.1) is 0 Å². The van der Waals surface area contributed by atoms with E-state index in [0.717, 1.165) is 0 Å². The monoisotopic (exact) mass is 295 g/mol. The molecular formula is CAuCl2O+. The second-order valence-corrected chi connectivity index (χ2v) is 1.11. The normalized spacial score (nSPS) is 5.20. The molecule has 0 aromatic rings. The Labute approximate surface area is 55.1 Å². The topological polar surface area (TPSA) is 17.1 Å². The fourth-order valence-corrected chi connectivity index (χ4v) is 0. The van der Waals surface area contributed by atoms with Gasteiger partial charge in [-0.05, 0) is 23.2 Å². The first kappa shape index (κ1) is 9.37. The molecule has 0 unspecified atom stereocenters. The Morgan fingerprint density at radius 2 is 1.40 bits per heavy atom. The molecule has 0 radical (unpaired) electrons. The third-order valence-electron chi connectivity index (χ3n) is 0. The zero-order valence-electron chi connectivity index (χ0n) is 1.97. The van der Waals surface area contributed by atoms with Gasteiger partial charge in [0.2, 0.25) is 0 Å². The minimum atomic E-state index is -0.889. The van der Waals surface area contributed by atoms with Crippen LogP contribution < -0.4 is 0 Å². The van der Waals surface area contributed by atoms with Gasteiger partial charge in [0.15, 0.2) is 0 Å². The van der Waals surface area contributed by atoms with E-state index in [1.165, 1.54) is 0 Å². The minimum Gasteiger partial charge on any atom is -0.262 e.